The highest BCUT2D eigenvalue weighted by Gasteiger charge is 2.41. The van der Waals surface area contributed by atoms with Crippen molar-refractivity contribution >= 4 is 0 Å². The van der Waals surface area contributed by atoms with E-state index in [0.717, 1.165) is 6.61 Å². The molecule has 82 valence electrons. The number of benzene rings is 1. The molecule has 0 aromatic heterocycles. The fourth-order valence-corrected chi connectivity index (χ4v) is 1.69. The Labute approximate surface area is 91.2 Å². The summed E-state index contributed by atoms with van der Waals surface area (Å²) in [5.41, 5.74) is 1.06. The highest BCUT2D eigenvalue weighted by Crippen LogP contribution is 2.33. The van der Waals surface area contributed by atoms with E-state index in [9.17, 15) is 0 Å². The van der Waals surface area contributed by atoms with Gasteiger partial charge in [-0.05, 0) is 11.5 Å². The second-order valence-electron chi connectivity index (χ2n) is 4.56. The van der Waals surface area contributed by atoms with Crippen molar-refractivity contribution in [3.8, 4) is 0 Å². The van der Waals surface area contributed by atoms with Crippen molar-refractivity contribution < 1.29 is 9.47 Å². The number of ether oxygens (including phenoxy) is 2. The Morgan fingerprint density at radius 2 is 1.93 bits per heavy atom. The van der Waals surface area contributed by atoms with Gasteiger partial charge in [0, 0.05) is 0 Å². The van der Waals surface area contributed by atoms with Crippen LogP contribution in [0.3, 0.4) is 0 Å². The molecule has 0 N–H and O–H groups in total. The van der Waals surface area contributed by atoms with Crippen molar-refractivity contribution in [2.75, 3.05) is 19.8 Å². The first-order valence-electron chi connectivity index (χ1n) is 5.50. The summed E-state index contributed by atoms with van der Waals surface area (Å²) < 4.78 is 11.3. The van der Waals surface area contributed by atoms with Gasteiger partial charge in [0.15, 0.2) is 0 Å². The number of hydrogen-bond acceptors (Lipinski definition) is 2. The maximum Gasteiger partial charge on any atom is 0.139 e. The van der Waals surface area contributed by atoms with Crippen LogP contribution in [0.1, 0.15) is 19.4 Å². The molecule has 1 heterocycles. The first-order chi connectivity index (χ1) is 7.23. The molecule has 1 saturated heterocycles. The van der Waals surface area contributed by atoms with E-state index >= 15 is 0 Å². The van der Waals surface area contributed by atoms with Crippen LogP contribution in [0.4, 0.5) is 0 Å². The molecule has 0 saturated carbocycles. The van der Waals surface area contributed by atoms with Crippen LogP contribution < -0.4 is 0 Å². The summed E-state index contributed by atoms with van der Waals surface area (Å²) in [5.74, 6) is 0.561. The summed E-state index contributed by atoms with van der Waals surface area (Å²) in [6, 6.07) is 10.4. The van der Waals surface area contributed by atoms with Gasteiger partial charge in [-0.25, -0.2) is 0 Å². The van der Waals surface area contributed by atoms with Crippen molar-refractivity contribution in [2.24, 2.45) is 5.92 Å². The second kappa shape index (κ2) is 4.33. The highest BCUT2D eigenvalue weighted by molar-refractivity contribution is 5.24. The predicted molar refractivity (Wildman–Crippen MR) is 59.7 cm³/mol. The van der Waals surface area contributed by atoms with Crippen molar-refractivity contribution in [3.05, 3.63) is 35.9 Å². The van der Waals surface area contributed by atoms with Crippen molar-refractivity contribution in [3.63, 3.8) is 0 Å². The molecule has 15 heavy (non-hydrogen) atoms. The normalized spacial score (nSPS) is 18.9. The number of rotatable bonds is 4. The van der Waals surface area contributed by atoms with Gasteiger partial charge in [0.25, 0.3) is 0 Å². The van der Waals surface area contributed by atoms with E-state index in [4.69, 9.17) is 9.47 Å². The van der Waals surface area contributed by atoms with E-state index in [1.165, 1.54) is 5.56 Å². The standard InChI is InChI=1S/C13H18O2/c1-11(2)8-15-13(9-14-10-13)12-6-4-3-5-7-12/h3-7,11H,8-10H2,1-2H3. The van der Waals surface area contributed by atoms with Crippen LogP contribution in [-0.2, 0) is 15.1 Å². The van der Waals surface area contributed by atoms with E-state index in [1.807, 2.05) is 18.2 Å². The van der Waals surface area contributed by atoms with Crippen molar-refractivity contribution in [1.82, 2.24) is 0 Å². The van der Waals surface area contributed by atoms with E-state index < -0.39 is 0 Å². The fourth-order valence-electron chi connectivity index (χ4n) is 1.69. The molecule has 1 aliphatic heterocycles. The molecule has 2 heteroatoms. The summed E-state index contributed by atoms with van der Waals surface area (Å²) in [4.78, 5) is 0. The van der Waals surface area contributed by atoms with Crippen LogP contribution >= 0.6 is 0 Å². The third kappa shape index (κ3) is 2.21. The van der Waals surface area contributed by atoms with Gasteiger partial charge in [0.05, 0.1) is 19.8 Å². The molecule has 0 radical (unpaired) electrons. The monoisotopic (exact) mass is 206 g/mol. The maximum absolute atomic E-state index is 5.99. The molecule has 2 rings (SSSR count). The van der Waals surface area contributed by atoms with Gasteiger partial charge in [-0.15, -0.1) is 0 Å². The molecule has 1 aliphatic rings. The lowest BCUT2D eigenvalue weighted by Gasteiger charge is -2.42. The van der Waals surface area contributed by atoms with E-state index in [2.05, 4.69) is 26.0 Å². The zero-order valence-corrected chi connectivity index (χ0v) is 9.40. The van der Waals surface area contributed by atoms with Crippen LogP contribution in [-0.4, -0.2) is 19.8 Å². The van der Waals surface area contributed by atoms with E-state index in [1.54, 1.807) is 0 Å². The van der Waals surface area contributed by atoms with Gasteiger partial charge in [-0.3, -0.25) is 0 Å². The molecule has 0 aliphatic carbocycles. The molecule has 0 amide bonds. The van der Waals surface area contributed by atoms with Crippen LogP contribution in [0.25, 0.3) is 0 Å². The molecular weight excluding hydrogens is 188 g/mol. The molecule has 1 fully saturated rings. The van der Waals surface area contributed by atoms with Crippen LogP contribution in [0, 0.1) is 5.92 Å². The largest absolute Gasteiger partial charge is 0.375 e. The summed E-state index contributed by atoms with van der Waals surface area (Å²) in [6.45, 7) is 6.49. The molecule has 1 aromatic carbocycles. The highest BCUT2D eigenvalue weighted by atomic mass is 16.6. The predicted octanol–water partition coefficient (Wildman–Crippen LogP) is 2.58. The summed E-state index contributed by atoms with van der Waals surface area (Å²) in [6.07, 6.45) is 0. The second-order valence-corrected chi connectivity index (χ2v) is 4.56. The Kier molecular flexibility index (Phi) is 3.08. The molecule has 0 unspecified atom stereocenters. The quantitative estimate of drug-likeness (QED) is 0.754. The molecule has 2 nitrogen and oxygen atoms in total. The minimum atomic E-state index is -0.175. The zero-order chi connectivity index (χ0) is 10.7. The van der Waals surface area contributed by atoms with Gasteiger partial charge < -0.3 is 9.47 Å². The zero-order valence-electron chi connectivity index (χ0n) is 9.40. The summed E-state index contributed by atoms with van der Waals surface area (Å²) in [7, 11) is 0. The van der Waals surface area contributed by atoms with Gasteiger partial charge >= 0.3 is 0 Å². The Balaban J connectivity index is 2.08. The maximum atomic E-state index is 5.99. The SMILES string of the molecule is CC(C)COC1(c2ccccc2)COC1. The van der Waals surface area contributed by atoms with Gasteiger partial charge in [0.1, 0.15) is 5.60 Å². The van der Waals surface area contributed by atoms with E-state index in [0.29, 0.717) is 19.1 Å². The molecule has 0 atom stereocenters. The van der Waals surface area contributed by atoms with Crippen LogP contribution in [0.2, 0.25) is 0 Å². The summed E-state index contributed by atoms with van der Waals surface area (Å²) >= 11 is 0. The lowest BCUT2D eigenvalue weighted by Crippen LogP contribution is -2.49. The fraction of sp³-hybridized carbons (Fsp3) is 0.538. The number of hydrogen-bond donors (Lipinski definition) is 0. The third-order valence-electron chi connectivity index (χ3n) is 2.66. The Bertz CT molecular complexity index is 302. The van der Waals surface area contributed by atoms with Crippen LogP contribution in [0.5, 0.6) is 0 Å². The Morgan fingerprint density at radius 3 is 2.40 bits per heavy atom. The average molecular weight is 206 g/mol. The third-order valence-corrected chi connectivity index (χ3v) is 2.66. The Morgan fingerprint density at radius 1 is 1.27 bits per heavy atom. The molecule has 0 bridgehead atoms. The summed E-state index contributed by atoms with van der Waals surface area (Å²) in [5, 5.41) is 0. The van der Waals surface area contributed by atoms with E-state index in [-0.39, 0.29) is 5.60 Å². The molecule has 1 aromatic rings. The average Bonchev–Trinajstić information content (AvgIpc) is 2.17. The van der Waals surface area contributed by atoms with Gasteiger partial charge in [0.2, 0.25) is 0 Å². The first kappa shape index (κ1) is 10.7. The lowest BCUT2D eigenvalue weighted by atomic mass is 9.91. The van der Waals surface area contributed by atoms with Gasteiger partial charge in [-0.2, -0.15) is 0 Å². The Hall–Kier alpha value is -0.860. The lowest BCUT2D eigenvalue weighted by molar-refractivity contribution is -0.220. The smallest absolute Gasteiger partial charge is 0.139 e. The van der Waals surface area contributed by atoms with Gasteiger partial charge in [-0.1, -0.05) is 44.2 Å². The topological polar surface area (TPSA) is 18.5 Å². The van der Waals surface area contributed by atoms with Crippen LogP contribution in [0.15, 0.2) is 30.3 Å². The first-order valence-corrected chi connectivity index (χ1v) is 5.50. The molecular formula is C13H18O2. The van der Waals surface area contributed by atoms with Crippen molar-refractivity contribution in [1.29, 1.82) is 0 Å². The minimum Gasteiger partial charge on any atom is -0.375 e. The minimum absolute atomic E-state index is 0.175. The van der Waals surface area contributed by atoms with Crippen molar-refractivity contribution in [2.45, 2.75) is 19.4 Å². The molecule has 0 spiro atoms.